The third-order valence-corrected chi connectivity index (χ3v) is 4.66. The average molecular weight is 475 g/mol. The summed E-state index contributed by atoms with van der Waals surface area (Å²) in [5.41, 5.74) is 2.10. The lowest BCUT2D eigenvalue weighted by molar-refractivity contribution is 0.180. The lowest BCUT2D eigenvalue weighted by atomic mass is 10.1. The van der Waals surface area contributed by atoms with Crippen LogP contribution in [-0.2, 0) is 6.54 Å². The SMILES string of the molecule is CCNC(=NCc1sccc1C)NCC(O)c1ccc(OC)cc1.I. The molecule has 0 saturated carbocycles. The Morgan fingerprint density at radius 1 is 1.24 bits per heavy atom. The summed E-state index contributed by atoms with van der Waals surface area (Å²) in [5.74, 6) is 1.48. The number of thiophene rings is 1. The number of hydrogen-bond donors (Lipinski definition) is 3. The van der Waals surface area contributed by atoms with E-state index >= 15 is 0 Å². The van der Waals surface area contributed by atoms with Crippen LogP contribution in [0.25, 0.3) is 0 Å². The lowest BCUT2D eigenvalue weighted by Crippen LogP contribution is -2.39. The van der Waals surface area contributed by atoms with Gasteiger partial charge in [-0.15, -0.1) is 35.3 Å². The van der Waals surface area contributed by atoms with Gasteiger partial charge in [0.2, 0.25) is 0 Å². The summed E-state index contributed by atoms with van der Waals surface area (Å²) in [4.78, 5) is 5.84. The van der Waals surface area contributed by atoms with Gasteiger partial charge >= 0.3 is 0 Å². The second-order valence-electron chi connectivity index (χ2n) is 5.39. The summed E-state index contributed by atoms with van der Waals surface area (Å²) in [7, 11) is 1.63. The molecule has 0 saturated heterocycles. The molecule has 0 aliphatic heterocycles. The van der Waals surface area contributed by atoms with Crippen LogP contribution in [0, 0.1) is 6.92 Å². The van der Waals surface area contributed by atoms with Gasteiger partial charge < -0.3 is 20.5 Å². The molecule has 1 heterocycles. The molecule has 2 aromatic rings. The fraction of sp³-hybridized carbons (Fsp3) is 0.389. The second kappa shape index (κ2) is 11.3. The number of hydrogen-bond acceptors (Lipinski definition) is 4. The molecule has 7 heteroatoms. The third kappa shape index (κ3) is 6.83. The summed E-state index contributed by atoms with van der Waals surface area (Å²) in [6, 6.07) is 9.52. The fourth-order valence-electron chi connectivity index (χ4n) is 2.20. The van der Waals surface area contributed by atoms with Gasteiger partial charge in [-0.2, -0.15) is 0 Å². The van der Waals surface area contributed by atoms with Gasteiger partial charge in [0.25, 0.3) is 0 Å². The Morgan fingerprint density at radius 3 is 2.52 bits per heavy atom. The number of aliphatic imine (C=N–C) groups is 1. The summed E-state index contributed by atoms with van der Waals surface area (Å²) in [6.45, 7) is 5.91. The van der Waals surface area contributed by atoms with Crippen molar-refractivity contribution in [1.29, 1.82) is 0 Å². The van der Waals surface area contributed by atoms with E-state index < -0.39 is 6.10 Å². The van der Waals surface area contributed by atoms with Crippen LogP contribution < -0.4 is 15.4 Å². The molecule has 25 heavy (non-hydrogen) atoms. The highest BCUT2D eigenvalue weighted by Crippen LogP contribution is 2.17. The smallest absolute Gasteiger partial charge is 0.191 e. The van der Waals surface area contributed by atoms with E-state index in [-0.39, 0.29) is 24.0 Å². The first-order valence-corrected chi connectivity index (χ1v) is 8.89. The van der Waals surface area contributed by atoms with Crippen molar-refractivity contribution >= 4 is 41.3 Å². The second-order valence-corrected chi connectivity index (χ2v) is 6.39. The van der Waals surface area contributed by atoms with Gasteiger partial charge in [-0.25, -0.2) is 4.99 Å². The first-order valence-electron chi connectivity index (χ1n) is 8.01. The van der Waals surface area contributed by atoms with Gasteiger partial charge in [-0.1, -0.05) is 12.1 Å². The zero-order valence-corrected chi connectivity index (χ0v) is 17.9. The van der Waals surface area contributed by atoms with Crippen LogP contribution in [0.2, 0.25) is 0 Å². The van der Waals surface area contributed by atoms with E-state index in [1.54, 1.807) is 18.4 Å². The molecule has 1 unspecified atom stereocenters. The quantitative estimate of drug-likeness (QED) is 0.326. The van der Waals surface area contributed by atoms with Crippen LogP contribution in [-0.4, -0.2) is 31.3 Å². The molecule has 0 aliphatic rings. The molecule has 0 amide bonds. The fourth-order valence-corrected chi connectivity index (χ4v) is 3.03. The largest absolute Gasteiger partial charge is 0.497 e. The first-order chi connectivity index (χ1) is 11.6. The number of methoxy groups -OCH3 is 1. The van der Waals surface area contributed by atoms with E-state index in [4.69, 9.17) is 4.74 Å². The van der Waals surface area contributed by atoms with Gasteiger partial charge in [-0.3, -0.25) is 0 Å². The van der Waals surface area contributed by atoms with E-state index in [0.29, 0.717) is 19.0 Å². The van der Waals surface area contributed by atoms with E-state index in [1.807, 2.05) is 31.2 Å². The number of nitrogens with zero attached hydrogens (tertiary/aromatic N) is 1. The van der Waals surface area contributed by atoms with E-state index in [1.165, 1.54) is 10.4 Å². The zero-order chi connectivity index (χ0) is 17.4. The Balaban J connectivity index is 0.00000312. The minimum Gasteiger partial charge on any atom is -0.497 e. The topological polar surface area (TPSA) is 65.9 Å². The molecule has 1 aromatic carbocycles. The van der Waals surface area contributed by atoms with Gasteiger partial charge in [0, 0.05) is 18.0 Å². The standard InChI is InChI=1S/C18H25N3O2S.HI/c1-4-19-18(21-12-17-13(2)9-10-24-17)20-11-16(22)14-5-7-15(23-3)8-6-14;/h5-10,16,22H,4,11-12H2,1-3H3,(H2,19,20,21);1H. The van der Waals surface area contributed by atoms with Crippen LogP contribution in [0.15, 0.2) is 40.7 Å². The highest BCUT2D eigenvalue weighted by molar-refractivity contribution is 14.0. The molecule has 0 aliphatic carbocycles. The van der Waals surface area contributed by atoms with E-state index in [9.17, 15) is 5.11 Å². The van der Waals surface area contributed by atoms with Crippen molar-refractivity contribution in [3.05, 3.63) is 51.7 Å². The van der Waals surface area contributed by atoms with Crippen LogP contribution in [0.1, 0.15) is 29.0 Å². The molecule has 0 spiro atoms. The summed E-state index contributed by atoms with van der Waals surface area (Å²) in [6.07, 6.45) is -0.608. The number of aryl methyl sites for hydroxylation is 1. The van der Waals surface area contributed by atoms with Crippen LogP contribution in [0.4, 0.5) is 0 Å². The minimum absolute atomic E-state index is 0. The predicted octanol–water partition coefficient (Wildman–Crippen LogP) is 3.47. The number of guanidine groups is 1. The molecule has 3 N–H and O–H groups in total. The van der Waals surface area contributed by atoms with Crippen molar-refractivity contribution in [2.45, 2.75) is 26.5 Å². The highest BCUT2D eigenvalue weighted by Gasteiger charge is 2.09. The molecule has 5 nitrogen and oxygen atoms in total. The lowest BCUT2D eigenvalue weighted by Gasteiger charge is -2.16. The van der Waals surface area contributed by atoms with Gasteiger partial charge in [0.05, 0.1) is 19.8 Å². The van der Waals surface area contributed by atoms with Crippen LogP contribution in [0.5, 0.6) is 5.75 Å². The normalized spacial score (nSPS) is 12.2. The Kier molecular flexibility index (Phi) is 9.84. The molecule has 1 aromatic heterocycles. The number of ether oxygens (including phenoxy) is 1. The average Bonchev–Trinajstić information content (AvgIpc) is 3.02. The summed E-state index contributed by atoms with van der Waals surface area (Å²) < 4.78 is 5.13. The number of halogens is 1. The molecular weight excluding hydrogens is 449 g/mol. The molecule has 2 rings (SSSR count). The van der Waals surface area contributed by atoms with Crippen molar-refractivity contribution in [3.63, 3.8) is 0 Å². The molecular formula is C18H26IN3O2S. The molecule has 0 bridgehead atoms. The Bertz CT molecular complexity index is 659. The van der Waals surface area contributed by atoms with Crippen molar-refractivity contribution in [1.82, 2.24) is 10.6 Å². The Labute approximate surface area is 170 Å². The maximum absolute atomic E-state index is 10.3. The van der Waals surface area contributed by atoms with Crippen molar-refractivity contribution < 1.29 is 9.84 Å². The number of benzene rings is 1. The monoisotopic (exact) mass is 475 g/mol. The van der Waals surface area contributed by atoms with Gasteiger partial charge in [-0.05, 0) is 48.6 Å². The maximum atomic E-state index is 10.3. The van der Waals surface area contributed by atoms with Gasteiger partial charge in [0.1, 0.15) is 5.75 Å². The number of rotatable bonds is 7. The van der Waals surface area contributed by atoms with Crippen LogP contribution >= 0.6 is 35.3 Å². The highest BCUT2D eigenvalue weighted by atomic mass is 127. The zero-order valence-electron chi connectivity index (χ0n) is 14.8. The third-order valence-electron chi connectivity index (χ3n) is 3.66. The number of aliphatic hydroxyl groups excluding tert-OH is 1. The van der Waals surface area contributed by atoms with Crippen LogP contribution in [0.3, 0.4) is 0 Å². The molecule has 1 atom stereocenters. The minimum atomic E-state index is -0.608. The van der Waals surface area contributed by atoms with E-state index in [2.05, 4.69) is 34.0 Å². The number of nitrogens with one attached hydrogen (secondary N) is 2. The summed E-state index contributed by atoms with van der Waals surface area (Å²) >= 11 is 1.71. The Morgan fingerprint density at radius 2 is 1.96 bits per heavy atom. The number of aliphatic hydroxyl groups is 1. The molecule has 138 valence electrons. The van der Waals surface area contributed by atoms with Crippen molar-refractivity contribution in [2.75, 3.05) is 20.2 Å². The maximum Gasteiger partial charge on any atom is 0.191 e. The summed E-state index contributed by atoms with van der Waals surface area (Å²) in [5, 5.41) is 18.8. The van der Waals surface area contributed by atoms with Crippen molar-refractivity contribution in [2.24, 2.45) is 4.99 Å². The predicted molar refractivity (Wildman–Crippen MR) is 115 cm³/mol. The first kappa shape index (κ1) is 21.7. The van der Waals surface area contributed by atoms with Gasteiger partial charge in [0.15, 0.2) is 5.96 Å². The molecule has 0 radical (unpaired) electrons. The van der Waals surface area contributed by atoms with E-state index in [0.717, 1.165) is 17.9 Å². The Hall–Kier alpha value is -1.32. The molecule has 0 fully saturated rings. The van der Waals surface area contributed by atoms with Crippen molar-refractivity contribution in [3.8, 4) is 5.75 Å².